The van der Waals surface area contributed by atoms with E-state index < -0.39 is 33.6 Å². The average molecular weight is 338 g/mol. The van der Waals surface area contributed by atoms with E-state index in [9.17, 15) is 22.3 Å². The maximum atomic E-state index is 14.3. The summed E-state index contributed by atoms with van der Waals surface area (Å²) < 4.78 is 55.4. The monoisotopic (exact) mass is 338 g/mol. The number of sulfonamides is 1. The fraction of sp³-hybridized carbons (Fsp3) is 0.133. The van der Waals surface area contributed by atoms with Gasteiger partial charge in [0.05, 0.1) is 5.69 Å². The fourth-order valence-electron chi connectivity index (χ4n) is 2.62. The summed E-state index contributed by atoms with van der Waals surface area (Å²) in [6, 6.07) is 7.02. The number of hydrogen-bond donors (Lipinski definition) is 2. The van der Waals surface area contributed by atoms with E-state index in [2.05, 4.69) is 9.71 Å². The molecule has 2 aromatic carbocycles. The van der Waals surface area contributed by atoms with Gasteiger partial charge < -0.3 is 10.4 Å². The molecule has 8 heteroatoms. The van der Waals surface area contributed by atoms with E-state index in [1.165, 1.54) is 18.2 Å². The zero-order valence-electron chi connectivity index (χ0n) is 11.9. The lowest BCUT2D eigenvalue weighted by atomic mass is 9.91. The first-order valence-electron chi connectivity index (χ1n) is 6.69. The Hall–Kier alpha value is -2.48. The standard InChI is InChI=1S/C15H12F2N2O3S/c1-8(9-4-2-3-5-10(9)16)13-11(17)6-7-12-14(13)18-15(20)19-23(12,21)22/h2-8H,1H3,(H2,18,19,20). The van der Waals surface area contributed by atoms with Crippen LogP contribution in [0.5, 0.6) is 0 Å². The van der Waals surface area contributed by atoms with E-state index in [1.54, 1.807) is 13.0 Å². The van der Waals surface area contributed by atoms with Gasteiger partial charge in [0.15, 0.2) is 0 Å². The summed E-state index contributed by atoms with van der Waals surface area (Å²) in [6.07, 6.45) is 0. The van der Waals surface area contributed by atoms with E-state index in [0.717, 1.165) is 12.1 Å². The molecule has 0 aromatic heterocycles. The highest BCUT2D eigenvalue weighted by molar-refractivity contribution is 7.90. The van der Waals surface area contributed by atoms with Gasteiger partial charge >= 0.3 is 6.02 Å². The molecule has 0 amide bonds. The Morgan fingerprint density at radius 1 is 1.13 bits per heavy atom. The molecule has 3 rings (SSSR count). The van der Waals surface area contributed by atoms with Crippen molar-refractivity contribution in [1.29, 1.82) is 0 Å². The molecule has 0 aliphatic carbocycles. The van der Waals surface area contributed by atoms with Gasteiger partial charge in [-0.3, -0.25) is 0 Å². The first-order chi connectivity index (χ1) is 10.8. The summed E-state index contributed by atoms with van der Waals surface area (Å²) >= 11 is 0. The molecule has 0 saturated carbocycles. The van der Waals surface area contributed by atoms with Gasteiger partial charge in [-0.25, -0.2) is 8.78 Å². The summed E-state index contributed by atoms with van der Waals surface area (Å²) in [5.41, 5.74) is 0.0203. The second kappa shape index (κ2) is 5.31. The highest BCUT2D eigenvalue weighted by Crippen LogP contribution is 2.39. The minimum Gasteiger partial charge on any atom is -0.480 e. The van der Waals surface area contributed by atoms with Crippen molar-refractivity contribution in [2.75, 3.05) is 5.32 Å². The summed E-state index contributed by atoms with van der Waals surface area (Å²) in [5.74, 6) is -2.02. The Morgan fingerprint density at radius 3 is 2.52 bits per heavy atom. The number of halogens is 2. The van der Waals surface area contributed by atoms with Gasteiger partial charge in [0.1, 0.15) is 16.5 Å². The average Bonchev–Trinajstić information content (AvgIpc) is 2.45. The van der Waals surface area contributed by atoms with Gasteiger partial charge in [0.25, 0.3) is 10.0 Å². The van der Waals surface area contributed by atoms with Gasteiger partial charge in [-0.15, -0.1) is 4.40 Å². The summed E-state index contributed by atoms with van der Waals surface area (Å²) in [7, 11) is -4.14. The van der Waals surface area contributed by atoms with Gasteiger partial charge in [0, 0.05) is 11.5 Å². The molecule has 1 unspecified atom stereocenters. The molecule has 1 aliphatic rings. The lowest BCUT2D eigenvalue weighted by Gasteiger charge is -2.22. The number of amidine groups is 1. The van der Waals surface area contributed by atoms with Gasteiger partial charge in [-0.1, -0.05) is 25.1 Å². The molecule has 2 aromatic rings. The maximum absolute atomic E-state index is 14.3. The molecule has 1 aliphatic heterocycles. The second-order valence-corrected chi connectivity index (χ2v) is 6.66. The predicted molar refractivity (Wildman–Crippen MR) is 81.2 cm³/mol. The highest BCUT2D eigenvalue weighted by atomic mass is 32.2. The predicted octanol–water partition coefficient (Wildman–Crippen LogP) is 3.14. The van der Waals surface area contributed by atoms with Crippen LogP contribution in [0.25, 0.3) is 0 Å². The Kier molecular flexibility index (Phi) is 3.56. The Bertz CT molecular complexity index is 926. The van der Waals surface area contributed by atoms with Crippen molar-refractivity contribution in [3.05, 3.63) is 59.2 Å². The smallest absolute Gasteiger partial charge is 0.302 e. The maximum Gasteiger partial charge on any atom is 0.302 e. The van der Waals surface area contributed by atoms with Crippen LogP contribution in [-0.4, -0.2) is 19.5 Å². The largest absolute Gasteiger partial charge is 0.480 e. The summed E-state index contributed by atoms with van der Waals surface area (Å²) in [6.45, 7) is 1.55. The molecule has 1 atom stereocenters. The number of fused-ring (bicyclic) bond motifs is 1. The quantitative estimate of drug-likeness (QED) is 0.882. The molecular weight excluding hydrogens is 326 g/mol. The molecule has 2 N–H and O–H groups in total. The van der Waals surface area contributed by atoms with Crippen LogP contribution < -0.4 is 5.32 Å². The number of rotatable bonds is 2. The lowest BCUT2D eigenvalue weighted by molar-refractivity contribution is 0.544. The normalized spacial score (nSPS) is 16.9. The van der Waals surface area contributed by atoms with Crippen molar-refractivity contribution in [3.63, 3.8) is 0 Å². The van der Waals surface area contributed by atoms with Crippen LogP contribution in [0, 0.1) is 11.6 Å². The third-order valence-electron chi connectivity index (χ3n) is 3.68. The number of benzene rings is 2. The van der Waals surface area contributed by atoms with Crippen molar-refractivity contribution >= 4 is 21.7 Å². The molecule has 5 nitrogen and oxygen atoms in total. The third-order valence-corrected chi connectivity index (χ3v) is 4.99. The van der Waals surface area contributed by atoms with E-state index >= 15 is 0 Å². The first-order valence-corrected chi connectivity index (χ1v) is 8.13. The molecule has 120 valence electrons. The number of nitrogens with one attached hydrogen (secondary N) is 1. The van der Waals surface area contributed by atoms with Crippen molar-refractivity contribution in [2.24, 2.45) is 4.40 Å². The number of hydrogen-bond acceptors (Lipinski definition) is 3. The van der Waals surface area contributed by atoms with Crippen LogP contribution in [0.15, 0.2) is 45.7 Å². The van der Waals surface area contributed by atoms with Crippen LogP contribution >= 0.6 is 0 Å². The third kappa shape index (κ3) is 2.55. The van der Waals surface area contributed by atoms with Crippen molar-refractivity contribution in [3.8, 4) is 0 Å². The number of anilines is 1. The Labute approximate surface area is 131 Å². The van der Waals surface area contributed by atoms with E-state index in [4.69, 9.17) is 0 Å². The van der Waals surface area contributed by atoms with E-state index in [-0.39, 0.29) is 21.7 Å². The Morgan fingerprint density at radius 2 is 1.83 bits per heavy atom. The minimum absolute atomic E-state index is 0.0578. The van der Waals surface area contributed by atoms with Gasteiger partial charge in [-0.2, -0.15) is 8.42 Å². The van der Waals surface area contributed by atoms with Crippen molar-refractivity contribution in [2.45, 2.75) is 17.7 Å². The van der Waals surface area contributed by atoms with E-state index in [1.807, 2.05) is 0 Å². The second-order valence-electron chi connectivity index (χ2n) is 5.09. The molecule has 0 radical (unpaired) electrons. The molecule has 0 saturated heterocycles. The topological polar surface area (TPSA) is 78.8 Å². The highest BCUT2D eigenvalue weighted by Gasteiger charge is 2.31. The fourth-order valence-corrected chi connectivity index (χ4v) is 3.65. The van der Waals surface area contributed by atoms with Crippen LogP contribution in [0.1, 0.15) is 24.0 Å². The lowest BCUT2D eigenvalue weighted by Crippen LogP contribution is -2.23. The van der Waals surface area contributed by atoms with Crippen molar-refractivity contribution in [1.82, 2.24) is 0 Å². The molecule has 0 spiro atoms. The van der Waals surface area contributed by atoms with Crippen LogP contribution in [0.2, 0.25) is 0 Å². The number of aliphatic hydroxyl groups is 1. The van der Waals surface area contributed by atoms with Crippen LogP contribution in [0.3, 0.4) is 0 Å². The zero-order chi connectivity index (χ0) is 16.8. The molecule has 23 heavy (non-hydrogen) atoms. The van der Waals surface area contributed by atoms with Crippen LogP contribution in [-0.2, 0) is 10.0 Å². The van der Waals surface area contributed by atoms with Crippen molar-refractivity contribution < 1.29 is 22.3 Å². The Balaban J connectivity index is 2.25. The van der Waals surface area contributed by atoms with E-state index in [0.29, 0.717) is 0 Å². The molecule has 1 heterocycles. The molecular formula is C15H12F2N2O3S. The molecule has 0 bridgehead atoms. The minimum atomic E-state index is -4.14. The SMILES string of the molecule is CC(c1ccccc1F)c1c(F)ccc2c1NC(O)=NS2(=O)=O. The van der Waals surface area contributed by atoms with Gasteiger partial charge in [-0.05, 0) is 23.8 Å². The van der Waals surface area contributed by atoms with Gasteiger partial charge in [0.2, 0.25) is 0 Å². The molecule has 0 fully saturated rings. The summed E-state index contributed by atoms with van der Waals surface area (Å²) in [5, 5.41) is 11.8. The zero-order valence-corrected chi connectivity index (χ0v) is 12.7. The van der Waals surface area contributed by atoms with Crippen LogP contribution in [0.4, 0.5) is 14.5 Å². The number of nitrogens with zero attached hydrogens (tertiary/aromatic N) is 1. The first kappa shape index (κ1) is 15.4. The number of aliphatic hydroxyl groups excluding tert-OH is 1. The summed E-state index contributed by atoms with van der Waals surface area (Å²) in [4.78, 5) is -0.269.